The number of benzene rings is 1. The van der Waals surface area contributed by atoms with Gasteiger partial charge in [-0.3, -0.25) is 10.1 Å². The first kappa shape index (κ1) is 17.5. The van der Waals surface area contributed by atoms with Crippen molar-refractivity contribution in [2.75, 3.05) is 19.4 Å². The summed E-state index contributed by atoms with van der Waals surface area (Å²) in [5, 5.41) is 12.4. The third-order valence-electron chi connectivity index (χ3n) is 3.67. The lowest BCUT2D eigenvalue weighted by Crippen LogP contribution is -2.22. The Morgan fingerprint density at radius 2 is 2.04 bits per heavy atom. The highest BCUT2D eigenvalue weighted by atomic mass is 32.1. The molecule has 0 radical (unpaired) electrons. The number of nitrogens with one attached hydrogen (secondary N) is 1. The lowest BCUT2D eigenvalue weighted by atomic mass is 10.2. The van der Waals surface area contributed by atoms with Gasteiger partial charge < -0.3 is 9.47 Å². The molecule has 0 saturated heterocycles. The van der Waals surface area contributed by atoms with Gasteiger partial charge in [0.25, 0.3) is 0 Å². The third kappa shape index (κ3) is 4.02. The Kier molecular flexibility index (Phi) is 5.10. The topological polar surface area (TPSA) is 75.9 Å². The zero-order chi connectivity index (χ0) is 18.0. The van der Waals surface area contributed by atoms with Gasteiger partial charge in [-0.15, -0.1) is 10.2 Å². The predicted molar refractivity (Wildman–Crippen MR) is 99.8 cm³/mol. The van der Waals surface area contributed by atoms with Gasteiger partial charge in [0.2, 0.25) is 11.0 Å². The molecule has 132 valence electrons. The number of carbonyl (C=O) groups is 1. The molecule has 0 fully saturated rings. The highest BCUT2D eigenvalue weighted by molar-refractivity contribution is 7.15. The van der Waals surface area contributed by atoms with E-state index in [0.717, 1.165) is 21.9 Å². The van der Waals surface area contributed by atoms with Crippen molar-refractivity contribution in [3.8, 4) is 0 Å². The first-order valence-corrected chi connectivity index (χ1v) is 8.98. The average Bonchev–Trinajstić information content (AvgIpc) is 3.13. The first-order valence-electron chi connectivity index (χ1n) is 8.16. The number of hydrogen-bond donors (Lipinski definition) is 1. The largest absolute Gasteiger partial charge is 0.317 e. The van der Waals surface area contributed by atoms with E-state index in [1.807, 2.05) is 47.8 Å². The number of anilines is 1. The molecular formula is C17H22N6OS. The molecule has 3 aromatic rings. The Morgan fingerprint density at radius 1 is 1.28 bits per heavy atom. The number of fused-ring (bicyclic) bond motifs is 1. The van der Waals surface area contributed by atoms with Crippen molar-refractivity contribution in [1.29, 1.82) is 0 Å². The van der Waals surface area contributed by atoms with Gasteiger partial charge >= 0.3 is 0 Å². The van der Waals surface area contributed by atoms with Crippen LogP contribution < -0.4 is 5.32 Å². The minimum atomic E-state index is -0.130. The zero-order valence-electron chi connectivity index (χ0n) is 14.9. The fourth-order valence-corrected chi connectivity index (χ4v) is 3.29. The van der Waals surface area contributed by atoms with Crippen LogP contribution in [0.4, 0.5) is 5.13 Å². The molecule has 0 atom stereocenters. The minimum Gasteiger partial charge on any atom is -0.317 e. The van der Waals surface area contributed by atoms with Crippen LogP contribution in [0.2, 0.25) is 0 Å². The number of hydrogen-bond acceptors (Lipinski definition) is 6. The second-order valence-electron chi connectivity index (χ2n) is 6.49. The summed E-state index contributed by atoms with van der Waals surface area (Å²) in [6.45, 7) is 4.97. The van der Waals surface area contributed by atoms with Crippen molar-refractivity contribution in [2.45, 2.75) is 32.9 Å². The van der Waals surface area contributed by atoms with E-state index in [1.165, 1.54) is 11.3 Å². The summed E-state index contributed by atoms with van der Waals surface area (Å²) in [6, 6.07) is 7.85. The van der Waals surface area contributed by atoms with Crippen LogP contribution in [0.25, 0.3) is 11.0 Å². The van der Waals surface area contributed by atoms with E-state index in [4.69, 9.17) is 0 Å². The maximum atomic E-state index is 12.5. The van der Waals surface area contributed by atoms with Crippen molar-refractivity contribution in [1.82, 2.24) is 24.6 Å². The first-order chi connectivity index (χ1) is 11.9. The molecule has 0 unspecified atom stereocenters. The number of carbonyl (C=O) groups excluding carboxylic acids is 1. The lowest BCUT2D eigenvalue weighted by molar-refractivity contribution is -0.116. The fraction of sp³-hybridized carbons (Fsp3) is 0.412. The normalized spacial score (nSPS) is 11.6. The van der Waals surface area contributed by atoms with E-state index in [9.17, 15) is 4.79 Å². The summed E-state index contributed by atoms with van der Waals surface area (Å²) in [5.74, 6) is 1.03. The fourth-order valence-electron chi connectivity index (χ4n) is 2.53. The summed E-state index contributed by atoms with van der Waals surface area (Å²) in [5.41, 5.74) is 1.85. The van der Waals surface area contributed by atoms with Crippen LogP contribution in [-0.4, -0.2) is 44.7 Å². The second kappa shape index (κ2) is 7.28. The monoisotopic (exact) mass is 358 g/mol. The van der Waals surface area contributed by atoms with Gasteiger partial charge in [-0.2, -0.15) is 0 Å². The van der Waals surface area contributed by atoms with Gasteiger partial charge in [-0.25, -0.2) is 4.98 Å². The SMILES string of the molecule is CC(C)c1nnc(NC(=O)Cn2c(CN(C)C)nc3ccccc32)s1. The van der Waals surface area contributed by atoms with E-state index in [0.29, 0.717) is 17.6 Å². The highest BCUT2D eigenvalue weighted by Gasteiger charge is 2.16. The average molecular weight is 358 g/mol. The Morgan fingerprint density at radius 3 is 2.72 bits per heavy atom. The van der Waals surface area contributed by atoms with Gasteiger partial charge in [0.1, 0.15) is 17.4 Å². The van der Waals surface area contributed by atoms with Crippen molar-refractivity contribution in [3.63, 3.8) is 0 Å². The summed E-state index contributed by atoms with van der Waals surface area (Å²) >= 11 is 1.41. The van der Waals surface area contributed by atoms with Gasteiger partial charge in [-0.05, 0) is 26.2 Å². The maximum Gasteiger partial charge on any atom is 0.246 e. The van der Waals surface area contributed by atoms with Crippen LogP contribution in [-0.2, 0) is 17.9 Å². The number of rotatable bonds is 6. The third-order valence-corrected chi connectivity index (χ3v) is 4.81. The van der Waals surface area contributed by atoms with Gasteiger partial charge in [0.15, 0.2) is 0 Å². The molecule has 1 aromatic carbocycles. The number of amides is 1. The van der Waals surface area contributed by atoms with E-state index in [2.05, 4.69) is 34.3 Å². The van der Waals surface area contributed by atoms with Crippen molar-refractivity contribution in [3.05, 3.63) is 35.1 Å². The quantitative estimate of drug-likeness (QED) is 0.733. The predicted octanol–water partition coefficient (Wildman–Crippen LogP) is 2.71. The molecule has 7 nitrogen and oxygen atoms in total. The number of imidazole rings is 1. The molecule has 1 N–H and O–H groups in total. The van der Waals surface area contributed by atoms with E-state index in [-0.39, 0.29) is 12.5 Å². The van der Waals surface area contributed by atoms with Crippen LogP contribution in [0.5, 0.6) is 0 Å². The molecule has 8 heteroatoms. The van der Waals surface area contributed by atoms with Crippen LogP contribution in [0, 0.1) is 0 Å². The van der Waals surface area contributed by atoms with Crippen molar-refractivity contribution < 1.29 is 4.79 Å². The van der Waals surface area contributed by atoms with Crippen molar-refractivity contribution in [2.24, 2.45) is 0 Å². The van der Waals surface area contributed by atoms with Crippen molar-refractivity contribution >= 4 is 33.4 Å². The van der Waals surface area contributed by atoms with Gasteiger partial charge in [-0.1, -0.05) is 37.3 Å². The van der Waals surface area contributed by atoms with E-state index < -0.39 is 0 Å². The summed E-state index contributed by atoms with van der Waals surface area (Å²) in [7, 11) is 3.97. The van der Waals surface area contributed by atoms with Crippen LogP contribution in [0.15, 0.2) is 24.3 Å². The number of nitrogens with zero attached hydrogens (tertiary/aromatic N) is 5. The molecule has 25 heavy (non-hydrogen) atoms. The Bertz CT molecular complexity index is 882. The van der Waals surface area contributed by atoms with E-state index >= 15 is 0 Å². The lowest BCUT2D eigenvalue weighted by Gasteiger charge is -2.12. The molecule has 0 bridgehead atoms. The molecule has 2 aromatic heterocycles. The molecule has 0 spiro atoms. The summed E-state index contributed by atoms with van der Waals surface area (Å²) < 4.78 is 1.95. The molecule has 3 rings (SSSR count). The molecule has 0 saturated carbocycles. The van der Waals surface area contributed by atoms with Gasteiger partial charge in [0, 0.05) is 5.92 Å². The minimum absolute atomic E-state index is 0.130. The summed E-state index contributed by atoms with van der Waals surface area (Å²) in [6.07, 6.45) is 0. The molecule has 0 aliphatic rings. The molecular weight excluding hydrogens is 336 g/mol. The molecule has 0 aliphatic carbocycles. The second-order valence-corrected chi connectivity index (χ2v) is 7.50. The summed E-state index contributed by atoms with van der Waals surface area (Å²) in [4.78, 5) is 19.2. The molecule has 0 aliphatic heterocycles. The van der Waals surface area contributed by atoms with Gasteiger partial charge in [0.05, 0.1) is 17.6 Å². The Labute approximate surface area is 150 Å². The number of para-hydroxylation sites is 2. The highest BCUT2D eigenvalue weighted by Crippen LogP contribution is 2.23. The maximum absolute atomic E-state index is 12.5. The zero-order valence-corrected chi connectivity index (χ0v) is 15.7. The number of aromatic nitrogens is 4. The van der Waals surface area contributed by atoms with Crippen LogP contribution in [0.3, 0.4) is 0 Å². The molecule has 2 heterocycles. The van der Waals surface area contributed by atoms with Crippen LogP contribution >= 0.6 is 11.3 Å². The molecule has 1 amide bonds. The smallest absolute Gasteiger partial charge is 0.246 e. The Balaban J connectivity index is 1.82. The Hall–Kier alpha value is -2.32. The standard InChI is InChI=1S/C17H22N6OS/c1-11(2)16-20-21-17(25-16)19-15(24)10-23-13-8-6-5-7-12(13)18-14(23)9-22(3)4/h5-8,11H,9-10H2,1-4H3,(H,19,21,24). The van der Waals surface area contributed by atoms with E-state index in [1.54, 1.807) is 0 Å². The van der Waals surface area contributed by atoms with Crippen LogP contribution in [0.1, 0.15) is 30.6 Å².